The third-order valence-corrected chi connectivity index (χ3v) is 3.65. The van der Waals surface area contributed by atoms with Crippen molar-refractivity contribution in [3.63, 3.8) is 0 Å². The van der Waals surface area contributed by atoms with E-state index in [1.54, 1.807) is 18.2 Å². The van der Waals surface area contributed by atoms with E-state index in [-0.39, 0.29) is 11.9 Å². The standard InChI is InChI=1S/C18H16ClN5O/c19-15-10-13(23-18(22)24-17(20)21)6-8-16(15)25-14-7-5-11-3-1-2-4-12(11)9-14/h1-10H,(H6,20,21,22,23,24). The van der Waals surface area contributed by atoms with Crippen LogP contribution in [0.5, 0.6) is 11.5 Å². The Hall–Kier alpha value is -3.25. The van der Waals surface area contributed by atoms with Gasteiger partial charge in [-0.15, -0.1) is 0 Å². The molecule has 0 saturated carbocycles. The highest BCUT2D eigenvalue weighted by Gasteiger charge is 2.06. The van der Waals surface area contributed by atoms with Gasteiger partial charge in [0.15, 0.2) is 5.96 Å². The average molecular weight is 354 g/mol. The highest BCUT2D eigenvalue weighted by Crippen LogP contribution is 2.33. The van der Waals surface area contributed by atoms with E-state index in [2.05, 4.69) is 9.98 Å². The Morgan fingerprint density at radius 1 is 0.880 bits per heavy atom. The predicted octanol–water partition coefficient (Wildman–Crippen LogP) is 3.51. The van der Waals surface area contributed by atoms with Gasteiger partial charge in [-0.1, -0.05) is 41.9 Å². The van der Waals surface area contributed by atoms with Crippen molar-refractivity contribution in [2.45, 2.75) is 0 Å². The van der Waals surface area contributed by atoms with E-state index in [9.17, 15) is 0 Å². The van der Waals surface area contributed by atoms with Crippen molar-refractivity contribution < 1.29 is 4.74 Å². The predicted molar refractivity (Wildman–Crippen MR) is 103 cm³/mol. The van der Waals surface area contributed by atoms with Gasteiger partial charge >= 0.3 is 0 Å². The van der Waals surface area contributed by atoms with Gasteiger partial charge in [-0.25, -0.2) is 4.99 Å². The number of hydrogen-bond donors (Lipinski definition) is 3. The Balaban J connectivity index is 1.84. The van der Waals surface area contributed by atoms with Gasteiger partial charge in [-0.05, 0) is 41.1 Å². The Labute approximate surface area is 149 Å². The number of hydrogen-bond acceptors (Lipinski definition) is 2. The molecule has 0 aliphatic rings. The fraction of sp³-hybridized carbons (Fsp3) is 0. The van der Waals surface area contributed by atoms with Crippen molar-refractivity contribution in [2.75, 3.05) is 0 Å². The van der Waals surface area contributed by atoms with Crippen molar-refractivity contribution in [3.05, 3.63) is 65.7 Å². The van der Waals surface area contributed by atoms with Crippen LogP contribution in [0.4, 0.5) is 5.69 Å². The van der Waals surface area contributed by atoms with Crippen molar-refractivity contribution in [3.8, 4) is 11.5 Å². The zero-order chi connectivity index (χ0) is 17.8. The van der Waals surface area contributed by atoms with Gasteiger partial charge in [-0.3, -0.25) is 0 Å². The van der Waals surface area contributed by atoms with Gasteiger partial charge in [-0.2, -0.15) is 4.99 Å². The van der Waals surface area contributed by atoms with Gasteiger partial charge in [0.1, 0.15) is 11.5 Å². The quantitative estimate of drug-likeness (QED) is 0.494. The van der Waals surface area contributed by atoms with E-state index >= 15 is 0 Å². The molecule has 7 heteroatoms. The second-order valence-corrected chi connectivity index (χ2v) is 5.64. The molecule has 0 spiro atoms. The van der Waals surface area contributed by atoms with Crippen LogP contribution in [0.3, 0.4) is 0 Å². The van der Waals surface area contributed by atoms with Gasteiger partial charge in [0.05, 0.1) is 10.7 Å². The maximum Gasteiger partial charge on any atom is 0.223 e. The summed E-state index contributed by atoms with van der Waals surface area (Å²) in [6, 6.07) is 18.9. The van der Waals surface area contributed by atoms with Crippen LogP contribution in [0.1, 0.15) is 0 Å². The van der Waals surface area contributed by atoms with Gasteiger partial charge in [0.2, 0.25) is 5.96 Å². The summed E-state index contributed by atoms with van der Waals surface area (Å²) in [5.41, 5.74) is 16.6. The fourth-order valence-corrected chi connectivity index (χ4v) is 2.50. The first-order valence-corrected chi connectivity index (χ1v) is 7.79. The first kappa shape index (κ1) is 16.6. The molecule has 0 bridgehead atoms. The molecule has 0 amide bonds. The number of aliphatic imine (C=N–C) groups is 2. The maximum absolute atomic E-state index is 6.27. The summed E-state index contributed by atoms with van der Waals surface area (Å²) in [5.74, 6) is 0.982. The first-order chi connectivity index (χ1) is 12.0. The minimum absolute atomic E-state index is 0.0562. The van der Waals surface area contributed by atoms with E-state index < -0.39 is 0 Å². The van der Waals surface area contributed by atoms with E-state index in [0.29, 0.717) is 22.2 Å². The van der Waals surface area contributed by atoms with Crippen LogP contribution in [0.15, 0.2) is 70.6 Å². The van der Waals surface area contributed by atoms with Gasteiger partial charge in [0, 0.05) is 0 Å². The molecule has 0 saturated heterocycles. The molecule has 6 N–H and O–H groups in total. The van der Waals surface area contributed by atoms with E-state index in [1.807, 2.05) is 42.5 Å². The summed E-state index contributed by atoms with van der Waals surface area (Å²) in [6.07, 6.45) is 0. The monoisotopic (exact) mass is 353 g/mol. The molecule has 6 nitrogen and oxygen atoms in total. The highest BCUT2D eigenvalue weighted by atomic mass is 35.5. The van der Waals surface area contributed by atoms with Crippen molar-refractivity contribution >= 4 is 40.0 Å². The molecule has 3 rings (SSSR count). The number of ether oxygens (including phenoxy) is 1. The van der Waals surface area contributed by atoms with Gasteiger partial charge in [0.25, 0.3) is 0 Å². The topological polar surface area (TPSA) is 112 Å². The lowest BCUT2D eigenvalue weighted by molar-refractivity contribution is 0.484. The molecule has 0 aromatic heterocycles. The van der Waals surface area contributed by atoms with Crippen LogP contribution in [0.2, 0.25) is 5.02 Å². The summed E-state index contributed by atoms with van der Waals surface area (Å²) in [6.45, 7) is 0. The van der Waals surface area contributed by atoms with Crippen molar-refractivity contribution in [1.29, 1.82) is 0 Å². The van der Waals surface area contributed by atoms with Crippen LogP contribution >= 0.6 is 11.6 Å². The van der Waals surface area contributed by atoms with Crippen LogP contribution < -0.4 is 21.9 Å². The zero-order valence-electron chi connectivity index (χ0n) is 13.2. The van der Waals surface area contributed by atoms with E-state index in [0.717, 1.165) is 10.8 Å². The summed E-state index contributed by atoms with van der Waals surface area (Å²) >= 11 is 6.27. The van der Waals surface area contributed by atoms with E-state index in [1.165, 1.54) is 0 Å². The number of halogens is 1. The van der Waals surface area contributed by atoms with Crippen LogP contribution in [-0.2, 0) is 0 Å². The molecule has 0 unspecified atom stereocenters. The summed E-state index contributed by atoms with van der Waals surface area (Å²) in [5, 5.41) is 2.62. The molecule has 0 aliphatic heterocycles. The smallest absolute Gasteiger partial charge is 0.223 e. The average Bonchev–Trinajstić information content (AvgIpc) is 2.56. The Kier molecular flexibility index (Phi) is 4.72. The first-order valence-electron chi connectivity index (χ1n) is 7.41. The SMILES string of the molecule is NC(N)=NC(N)=Nc1ccc(Oc2ccc3ccccc3c2)c(Cl)c1. The molecular weight excluding hydrogens is 338 g/mol. The Morgan fingerprint density at radius 3 is 2.36 bits per heavy atom. The number of rotatable bonds is 3. The van der Waals surface area contributed by atoms with E-state index in [4.69, 9.17) is 33.5 Å². The molecule has 0 radical (unpaired) electrons. The normalized spacial score (nSPS) is 11.3. The molecule has 0 aliphatic carbocycles. The number of nitrogens with two attached hydrogens (primary N) is 3. The molecule has 126 valence electrons. The minimum atomic E-state index is -0.163. The third-order valence-electron chi connectivity index (χ3n) is 3.35. The summed E-state index contributed by atoms with van der Waals surface area (Å²) < 4.78 is 5.86. The molecule has 3 aromatic carbocycles. The Morgan fingerprint density at radius 2 is 1.64 bits per heavy atom. The fourth-order valence-electron chi connectivity index (χ4n) is 2.29. The van der Waals surface area contributed by atoms with Crippen LogP contribution in [0, 0.1) is 0 Å². The van der Waals surface area contributed by atoms with Crippen molar-refractivity contribution in [2.24, 2.45) is 27.2 Å². The lowest BCUT2D eigenvalue weighted by atomic mass is 10.1. The minimum Gasteiger partial charge on any atom is -0.456 e. The van der Waals surface area contributed by atoms with Gasteiger partial charge < -0.3 is 21.9 Å². The van der Waals surface area contributed by atoms with Crippen LogP contribution in [-0.4, -0.2) is 11.9 Å². The molecule has 3 aromatic rings. The molecule has 25 heavy (non-hydrogen) atoms. The molecule has 0 heterocycles. The lowest BCUT2D eigenvalue weighted by Gasteiger charge is -2.09. The van der Waals surface area contributed by atoms with Crippen molar-refractivity contribution in [1.82, 2.24) is 0 Å². The number of fused-ring (bicyclic) bond motifs is 1. The van der Waals surface area contributed by atoms with Crippen LogP contribution in [0.25, 0.3) is 10.8 Å². The number of nitrogens with zero attached hydrogens (tertiary/aromatic N) is 2. The highest BCUT2D eigenvalue weighted by molar-refractivity contribution is 6.32. The third kappa shape index (κ3) is 4.19. The molecular formula is C18H16ClN5O. The molecule has 0 atom stereocenters. The number of benzene rings is 3. The second kappa shape index (κ2) is 7.11. The zero-order valence-corrected chi connectivity index (χ0v) is 13.9. The largest absolute Gasteiger partial charge is 0.456 e. The summed E-state index contributed by atoms with van der Waals surface area (Å²) in [4.78, 5) is 7.70. The second-order valence-electron chi connectivity index (χ2n) is 5.23. The molecule has 0 fully saturated rings. The lowest BCUT2D eigenvalue weighted by Crippen LogP contribution is -2.26. The maximum atomic E-state index is 6.27. The summed E-state index contributed by atoms with van der Waals surface area (Å²) in [7, 11) is 0. The Bertz CT molecular complexity index is 980. The number of guanidine groups is 2.